The summed E-state index contributed by atoms with van der Waals surface area (Å²) in [5.41, 5.74) is 7.64. The van der Waals surface area contributed by atoms with Crippen molar-refractivity contribution in [2.75, 3.05) is 20.2 Å². The Bertz CT molecular complexity index is 1090. The minimum Gasteiger partial charge on any atom is -0.495 e. The third-order valence-corrected chi connectivity index (χ3v) is 8.04. The minimum absolute atomic E-state index is 0.149. The van der Waals surface area contributed by atoms with Gasteiger partial charge in [0.15, 0.2) is 0 Å². The third kappa shape index (κ3) is 5.35. The van der Waals surface area contributed by atoms with Gasteiger partial charge in [-0.25, -0.2) is 23.7 Å². The van der Waals surface area contributed by atoms with Crippen molar-refractivity contribution >= 4 is 15.9 Å². The van der Waals surface area contributed by atoms with Crippen LogP contribution in [0.4, 0.5) is 4.39 Å². The molecule has 3 N–H and O–H groups in total. The van der Waals surface area contributed by atoms with Crippen LogP contribution >= 0.6 is 0 Å². The fourth-order valence-electron chi connectivity index (χ4n) is 4.22. The van der Waals surface area contributed by atoms with Gasteiger partial charge in [0.1, 0.15) is 22.5 Å². The fourth-order valence-corrected chi connectivity index (χ4v) is 5.93. The van der Waals surface area contributed by atoms with Crippen LogP contribution in [-0.2, 0) is 21.4 Å². The number of ether oxygens (including phenoxy) is 1. The second-order valence-electron chi connectivity index (χ2n) is 8.35. The van der Waals surface area contributed by atoms with Crippen molar-refractivity contribution in [3.63, 3.8) is 0 Å². The second-order valence-corrected chi connectivity index (χ2v) is 10.3. The average molecular weight is 477 g/mol. The highest BCUT2D eigenvalue weighted by Crippen LogP contribution is 2.33. The lowest BCUT2D eigenvalue weighted by atomic mass is 10.0. The summed E-state index contributed by atoms with van der Waals surface area (Å²) < 4.78 is 46.4. The van der Waals surface area contributed by atoms with E-state index < -0.39 is 16.1 Å². The first-order valence-corrected chi connectivity index (χ1v) is 12.5. The van der Waals surface area contributed by atoms with Gasteiger partial charge < -0.3 is 10.1 Å². The summed E-state index contributed by atoms with van der Waals surface area (Å²) in [6.45, 7) is 1.31. The van der Waals surface area contributed by atoms with Gasteiger partial charge in [0.05, 0.1) is 7.11 Å². The zero-order chi connectivity index (χ0) is 23.4. The second kappa shape index (κ2) is 10.2. The molecular weight excluding hydrogens is 447 g/mol. The van der Waals surface area contributed by atoms with Crippen LogP contribution in [0.15, 0.2) is 47.4 Å². The summed E-state index contributed by atoms with van der Waals surface area (Å²) in [6.07, 6.45) is 3.18. The Labute approximate surface area is 193 Å². The molecule has 1 amide bonds. The van der Waals surface area contributed by atoms with Gasteiger partial charge in [-0.3, -0.25) is 4.79 Å². The van der Waals surface area contributed by atoms with Crippen molar-refractivity contribution in [3.8, 4) is 5.75 Å². The quantitative estimate of drug-likeness (QED) is 0.567. The molecule has 2 saturated heterocycles. The molecule has 0 radical (unpaired) electrons. The highest BCUT2D eigenvalue weighted by atomic mass is 32.2. The predicted octanol–water partition coefficient (Wildman–Crippen LogP) is 2.23. The molecule has 4 rings (SSSR count). The Kier molecular flexibility index (Phi) is 7.28. The molecule has 2 fully saturated rings. The molecule has 10 heteroatoms. The van der Waals surface area contributed by atoms with Gasteiger partial charge in [-0.2, -0.15) is 4.31 Å². The zero-order valence-corrected chi connectivity index (χ0v) is 19.3. The molecule has 0 saturated carbocycles. The summed E-state index contributed by atoms with van der Waals surface area (Å²) in [4.78, 5) is 12.7. The van der Waals surface area contributed by atoms with Crippen molar-refractivity contribution in [1.29, 1.82) is 0 Å². The summed E-state index contributed by atoms with van der Waals surface area (Å²) in [7, 11) is -2.22. The lowest BCUT2D eigenvalue weighted by Gasteiger charge is -2.27. The van der Waals surface area contributed by atoms with Crippen LogP contribution in [0.5, 0.6) is 5.75 Å². The van der Waals surface area contributed by atoms with Crippen LogP contribution in [-0.4, -0.2) is 44.9 Å². The van der Waals surface area contributed by atoms with Gasteiger partial charge >= 0.3 is 0 Å². The molecule has 2 aliphatic rings. The molecule has 0 aromatic heterocycles. The van der Waals surface area contributed by atoms with E-state index in [0.717, 1.165) is 30.4 Å². The lowest BCUT2D eigenvalue weighted by Crippen LogP contribution is -2.42. The molecule has 2 atom stereocenters. The molecule has 2 aromatic carbocycles. The number of halogens is 1. The molecule has 2 aliphatic heterocycles. The third-order valence-electron chi connectivity index (χ3n) is 6.12. The molecule has 0 aliphatic carbocycles. The molecule has 33 heavy (non-hydrogen) atoms. The molecule has 0 spiro atoms. The number of hydrazine groups is 1. The van der Waals surface area contributed by atoms with Gasteiger partial charge in [-0.05, 0) is 54.7 Å². The number of hydrogen-bond acceptors (Lipinski definition) is 6. The Morgan fingerprint density at radius 1 is 1.12 bits per heavy atom. The number of methoxy groups -OCH3 is 1. The van der Waals surface area contributed by atoms with E-state index in [9.17, 15) is 17.6 Å². The number of amides is 1. The van der Waals surface area contributed by atoms with E-state index in [2.05, 4.69) is 16.2 Å². The topological polar surface area (TPSA) is 99.8 Å². The van der Waals surface area contributed by atoms with Gasteiger partial charge in [-0.1, -0.05) is 24.6 Å². The number of carbonyl (C=O) groups is 1. The van der Waals surface area contributed by atoms with E-state index >= 15 is 0 Å². The molecule has 178 valence electrons. The van der Waals surface area contributed by atoms with E-state index in [0.29, 0.717) is 31.8 Å². The Balaban J connectivity index is 1.44. The first-order chi connectivity index (χ1) is 15.9. The summed E-state index contributed by atoms with van der Waals surface area (Å²) in [5.74, 6) is -0.205. The van der Waals surface area contributed by atoms with Crippen LogP contribution in [0.25, 0.3) is 0 Å². The number of rotatable bonds is 7. The monoisotopic (exact) mass is 476 g/mol. The molecule has 2 heterocycles. The van der Waals surface area contributed by atoms with Crippen molar-refractivity contribution in [1.82, 2.24) is 20.5 Å². The minimum atomic E-state index is -3.67. The van der Waals surface area contributed by atoms with Crippen molar-refractivity contribution < 1.29 is 22.3 Å². The zero-order valence-electron chi connectivity index (χ0n) is 18.5. The van der Waals surface area contributed by atoms with E-state index in [1.165, 1.54) is 23.5 Å². The number of nitrogens with zero attached hydrogens (tertiary/aromatic N) is 1. The number of nitrogens with one attached hydrogen (secondary N) is 3. The fraction of sp³-hybridized carbons (Fsp3) is 0.435. The normalized spacial score (nSPS) is 21.6. The van der Waals surface area contributed by atoms with Crippen LogP contribution < -0.4 is 20.9 Å². The van der Waals surface area contributed by atoms with Gasteiger partial charge in [-0.15, -0.1) is 0 Å². The Morgan fingerprint density at radius 3 is 2.55 bits per heavy atom. The van der Waals surface area contributed by atoms with E-state index in [1.54, 1.807) is 24.3 Å². The van der Waals surface area contributed by atoms with Crippen molar-refractivity contribution in [3.05, 3.63) is 59.4 Å². The number of benzene rings is 2. The smallest absolute Gasteiger partial charge is 0.246 e. The van der Waals surface area contributed by atoms with Crippen LogP contribution in [0.1, 0.15) is 42.9 Å². The highest BCUT2D eigenvalue weighted by Gasteiger charge is 2.33. The van der Waals surface area contributed by atoms with Gasteiger partial charge in [0.25, 0.3) is 0 Å². The Hall–Kier alpha value is -2.53. The van der Waals surface area contributed by atoms with E-state index in [1.807, 2.05) is 6.07 Å². The van der Waals surface area contributed by atoms with Crippen molar-refractivity contribution in [2.24, 2.45) is 0 Å². The summed E-state index contributed by atoms with van der Waals surface area (Å²) in [6, 6.07) is 10.3. The number of sulfonamides is 1. The largest absolute Gasteiger partial charge is 0.495 e. The molecule has 0 bridgehead atoms. The lowest BCUT2D eigenvalue weighted by molar-refractivity contribution is -0.123. The SMILES string of the molecule is COc1ccc(C2CC(C(=O)NCc3ccc(F)cc3)NN2)cc1S(=O)(=O)N1CCCCC1. The van der Waals surface area contributed by atoms with Gasteiger partial charge in [0.2, 0.25) is 15.9 Å². The molecule has 2 aromatic rings. The molecule has 2 unspecified atom stereocenters. The first kappa shape index (κ1) is 23.6. The molecule has 8 nitrogen and oxygen atoms in total. The Morgan fingerprint density at radius 2 is 1.85 bits per heavy atom. The van der Waals surface area contributed by atoms with Crippen LogP contribution in [0.2, 0.25) is 0 Å². The average Bonchev–Trinajstić information content (AvgIpc) is 3.34. The van der Waals surface area contributed by atoms with Crippen molar-refractivity contribution in [2.45, 2.75) is 49.2 Å². The summed E-state index contributed by atoms with van der Waals surface area (Å²) in [5, 5.41) is 2.84. The van der Waals surface area contributed by atoms with E-state index in [-0.39, 0.29) is 22.7 Å². The van der Waals surface area contributed by atoms with E-state index in [4.69, 9.17) is 4.74 Å². The number of carbonyl (C=O) groups excluding carboxylic acids is 1. The predicted molar refractivity (Wildman–Crippen MR) is 121 cm³/mol. The van der Waals surface area contributed by atoms with Crippen LogP contribution in [0.3, 0.4) is 0 Å². The number of piperidine rings is 1. The molecular formula is C23H29FN4O4S. The maximum Gasteiger partial charge on any atom is 0.246 e. The number of hydrogen-bond donors (Lipinski definition) is 3. The first-order valence-electron chi connectivity index (χ1n) is 11.1. The van der Waals surface area contributed by atoms with Crippen LogP contribution in [0, 0.1) is 5.82 Å². The standard InChI is InChI=1S/C23H29FN4O4S/c1-32-21-10-7-17(13-22(21)33(30,31)28-11-3-2-4-12-28)19-14-20(27-26-19)23(29)25-15-16-5-8-18(24)9-6-16/h5-10,13,19-20,26-27H,2-4,11-12,14-15H2,1H3,(H,25,29). The summed E-state index contributed by atoms with van der Waals surface area (Å²) >= 11 is 0. The highest BCUT2D eigenvalue weighted by molar-refractivity contribution is 7.89. The maximum absolute atomic E-state index is 13.3. The van der Waals surface area contributed by atoms with Gasteiger partial charge in [0, 0.05) is 25.7 Å². The maximum atomic E-state index is 13.3.